The molecule has 0 aliphatic carbocycles. The second-order valence-electron chi connectivity index (χ2n) is 4.99. The lowest BCUT2D eigenvalue weighted by atomic mass is 10.2. The molecule has 4 nitrogen and oxygen atoms in total. The minimum absolute atomic E-state index is 0.372. The van der Waals surface area contributed by atoms with E-state index in [0.29, 0.717) is 5.92 Å². The highest BCUT2D eigenvalue weighted by molar-refractivity contribution is 5.36. The maximum absolute atomic E-state index is 4.51. The van der Waals surface area contributed by atoms with Crippen LogP contribution in [0.1, 0.15) is 37.7 Å². The van der Waals surface area contributed by atoms with E-state index in [1.165, 1.54) is 0 Å². The summed E-state index contributed by atoms with van der Waals surface area (Å²) in [5, 5.41) is 3.36. The van der Waals surface area contributed by atoms with Gasteiger partial charge in [-0.1, -0.05) is 13.8 Å². The first-order valence-electron chi connectivity index (χ1n) is 6.23. The van der Waals surface area contributed by atoms with Gasteiger partial charge in [0, 0.05) is 24.2 Å². The maximum Gasteiger partial charge on any atom is 0.133 e. The van der Waals surface area contributed by atoms with Crippen molar-refractivity contribution in [2.24, 2.45) is 0 Å². The minimum atomic E-state index is 0.372. The van der Waals surface area contributed by atoms with E-state index >= 15 is 0 Å². The van der Waals surface area contributed by atoms with Crippen LogP contribution in [0.3, 0.4) is 0 Å². The molecule has 0 aliphatic heterocycles. The largest absolute Gasteiger partial charge is 0.370 e. The van der Waals surface area contributed by atoms with E-state index in [-0.39, 0.29) is 0 Å². The predicted molar refractivity (Wildman–Crippen MR) is 72.5 cm³/mol. The zero-order valence-electron chi connectivity index (χ0n) is 11.6. The van der Waals surface area contributed by atoms with Gasteiger partial charge in [0.1, 0.15) is 11.6 Å². The molecule has 0 saturated heterocycles. The number of nitrogens with one attached hydrogen (secondary N) is 1. The van der Waals surface area contributed by atoms with Crippen LogP contribution in [0.2, 0.25) is 0 Å². The summed E-state index contributed by atoms with van der Waals surface area (Å²) in [6, 6.07) is 2.00. The Morgan fingerprint density at radius 1 is 1.29 bits per heavy atom. The Kier molecular flexibility index (Phi) is 5.35. The monoisotopic (exact) mass is 236 g/mol. The third kappa shape index (κ3) is 5.13. The van der Waals surface area contributed by atoms with E-state index in [4.69, 9.17) is 0 Å². The Morgan fingerprint density at radius 3 is 2.59 bits per heavy atom. The molecular weight excluding hydrogens is 212 g/mol. The molecule has 0 unspecified atom stereocenters. The van der Waals surface area contributed by atoms with E-state index in [1.54, 1.807) is 0 Å². The van der Waals surface area contributed by atoms with Crippen LogP contribution in [0.5, 0.6) is 0 Å². The number of hydrogen-bond donors (Lipinski definition) is 1. The van der Waals surface area contributed by atoms with Crippen molar-refractivity contribution >= 4 is 5.82 Å². The zero-order chi connectivity index (χ0) is 12.8. The zero-order valence-corrected chi connectivity index (χ0v) is 11.6. The molecule has 0 bridgehead atoms. The molecule has 1 heterocycles. The summed E-state index contributed by atoms with van der Waals surface area (Å²) < 4.78 is 0. The fraction of sp³-hybridized carbons (Fsp3) is 0.692. The Morgan fingerprint density at radius 2 is 2.00 bits per heavy atom. The van der Waals surface area contributed by atoms with Crippen LogP contribution in [-0.4, -0.2) is 42.1 Å². The SMILES string of the molecule is Cc1cc(NCCCN(C)C)nc(C(C)C)n1. The van der Waals surface area contributed by atoms with Crippen LogP contribution in [0.25, 0.3) is 0 Å². The molecule has 4 heteroatoms. The van der Waals surface area contributed by atoms with E-state index < -0.39 is 0 Å². The highest BCUT2D eigenvalue weighted by Gasteiger charge is 2.05. The molecule has 0 spiro atoms. The summed E-state index contributed by atoms with van der Waals surface area (Å²) in [5.41, 5.74) is 1.03. The molecule has 1 aromatic heterocycles. The number of aryl methyl sites for hydroxylation is 1. The van der Waals surface area contributed by atoms with E-state index in [1.807, 2.05) is 13.0 Å². The highest BCUT2D eigenvalue weighted by atomic mass is 15.1. The first kappa shape index (κ1) is 13.9. The molecule has 0 amide bonds. The second kappa shape index (κ2) is 6.55. The van der Waals surface area contributed by atoms with Crippen molar-refractivity contribution in [2.75, 3.05) is 32.5 Å². The van der Waals surface area contributed by atoms with E-state index in [9.17, 15) is 0 Å². The van der Waals surface area contributed by atoms with Gasteiger partial charge in [0.05, 0.1) is 0 Å². The van der Waals surface area contributed by atoms with Crippen LogP contribution >= 0.6 is 0 Å². The van der Waals surface area contributed by atoms with Gasteiger partial charge in [0.2, 0.25) is 0 Å². The van der Waals surface area contributed by atoms with Gasteiger partial charge >= 0.3 is 0 Å². The summed E-state index contributed by atoms with van der Waals surface area (Å²) in [6.45, 7) is 8.29. The number of nitrogens with zero attached hydrogens (tertiary/aromatic N) is 3. The molecule has 0 fully saturated rings. The average molecular weight is 236 g/mol. The average Bonchev–Trinajstić information content (AvgIpc) is 2.23. The van der Waals surface area contributed by atoms with Gasteiger partial charge in [-0.2, -0.15) is 0 Å². The van der Waals surface area contributed by atoms with Crippen molar-refractivity contribution in [3.63, 3.8) is 0 Å². The second-order valence-corrected chi connectivity index (χ2v) is 4.99. The Bertz CT molecular complexity index is 347. The van der Waals surface area contributed by atoms with Gasteiger partial charge in [0.25, 0.3) is 0 Å². The Hall–Kier alpha value is -1.16. The van der Waals surface area contributed by atoms with E-state index in [2.05, 4.69) is 48.1 Å². The lowest BCUT2D eigenvalue weighted by Gasteiger charge is -2.12. The molecule has 1 aromatic rings. The Labute approximate surface area is 104 Å². The standard InChI is InChI=1S/C13H24N4/c1-10(2)13-15-11(3)9-12(16-13)14-7-6-8-17(4)5/h9-10H,6-8H2,1-5H3,(H,14,15,16). The van der Waals surface area contributed by atoms with Crippen LogP contribution in [0.15, 0.2) is 6.07 Å². The van der Waals surface area contributed by atoms with Crippen molar-refractivity contribution in [3.05, 3.63) is 17.6 Å². The molecule has 96 valence electrons. The van der Waals surface area contributed by atoms with Crippen LogP contribution in [0, 0.1) is 6.92 Å². The summed E-state index contributed by atoms with van der Waals surface area (Å²) in [4.78, 5) is 11.1. The van der Waals surface area contributed by atoms with Crippen molar-refractivity contribution in [1.29, 1.82) is 0 Å². The first-order chi connectivity index (χ1) is 7.99. The third-order valence-corrected chi connectivity index (χ3v) is 2.48. The molecule has 0 aliphatic rings. The highest BCUT2D eigenvalue weighted by Crippen LogP contribution is 2.13. The fourth-order valence-electron chi connectivity index (χ4n) is 1.55. The molecule has 0 atom stereocenters. The van der Waals surface area contributed by atoms with E-state index in [0.717, 1.165) is 36.8 Å². The summed E-state index contributed by atoms with van der Waals surface area (Å²) in [6.07, 6.45) is 1.12. The lowest BCUT2D eigenvalue weighted by Crippen LogP contribution is -2.17. The molecule has 0 saturated carbocycles. The smallest absolute Gasteiger partial charge is 0.133 e. The maximum atomic E-state index is 4.51. The van der Waals surface area contributed by atoms with Gasteiger partial charge in [-0.05, 0) is 34.0 Å². The van der Waals surface area contributed by atoms with Crippen LogP contribution in [0.4, 0.5) is 5.82 Å². The third-order valence-electron chi connectivity index (χ3n) is 2.48. The van der Waals surface area contributed by atoms with Crippen molar-refractivity contribution in [3.8, 4) is 0 Å². The normalized spacial score (nSPS) is 11.2. The van der Waals surface area contributed by atoms with Crippen LogP contribution < -0.4 is 5.32 Å². The lowest BCUT2D eigenvalue weighted by molar-refractivity contribution is 0.405. The minimum Gasteiger partial charge on any atom is -0.370 e. The topological polar surface area (TPSA) is 41.0 Å². The Balaban J connectivity index is 2.53. The fourth-order valence-corrected chi connectivity index (χ4v) is 1.55. The number of rotatable bonds is 6. The molecular formula is C13H24N4. The van der Waals surface area contributed by atoms with Crippen molar-refractivity contribution in [2.45, 2.75) is 33.1 Å². The number of hydrogen-bond acceptors (Lipinski definition) is 4. The molecule has 17 heavy (non-hydrogen) atoms. The summed E-state index contributed by atoms with van der Waals surface area (Å²) >= 11 is 0. The summed E-state index contributed by atoms with van der Waals surface area (Å²) in [7, 11) is 4.18. The van der Waals surface area contributed by atoms with Gasteiger partial charge in [-0.15, -0.1) is 0 Å². The van der Waals surface area contributed by atoms with Crippen LogP contribution in [-0.2, 0) is 0 Å². The van der Waals surface area contributed by atoms with Crippen molar-refractivity contribution in [1.82, 2.24) is 14.9 Å². The number of anilines is 1. The molecule has 0 radical (unpaired) electrons. The molecule has 1 N–H and O–H groups in total. The molecule has 1 rings (SSSR count). The predicted octanol–water partition coefficient (Wildman–Crippen LogP) is 2.27. The van der Waals surface area contributed by atoms with Gasteiger partial charge in [0.15, 0.2) is 0 Å². The van der Waals surface area contributed by atoms with Gasteiger partial charge in [-0.25, -0.2) is 9.97 Å². The number of aromatic nitrogens is 2. The van der Waals surface area contributed by atoms with Gasteiger partial charge < -0.3 is 10.2 Å². The van der Waals surface area contributed by atoms with Gasteiger partial charge in [-0.3, -0.25) is 0 Å². The quantitative estimate of drug-likeness (QED) is 0.769. The first-order valence-corrected chi connectivity index (χ1v) is 6.23. The van der Waals surface area contributed by atoms with Crippen molar-refractivity contribution < 1.29 is 0 Å². The summed E-state index contributed by atoms with van der Waals surface area (Å²) in [5.74, 6) is 2.23. The molecule has 0 aromatic carbocycles.